The summed E-state index contributed by atoms with van der Waals surface area (Å²) in [6.07, 6.45) is 2.06. The summed E-state index contributed by atoms with van der Waals surface area (Å²) in [5.41, 5.74) is 0.698. The zero-order valence-electron chi connectivity index (χ0n) is 14.9. The predicted octanol–water partition coefficient (Wildman–Crippen LogP) is 2.93. The van der Waals surface area contributed by atoms with Crippen molar-refractivity contribution in [2.24, 2.45) is 5.10 Å². The molecule has 0 saturated carbocycles. The van der Waals surface area contributed by atoms with Gasteiger partial charge in [0.05, 0.1) is 11.0 Å². The summed E-state index contributed by atoms with van der Waals surface area (Å²) in [7, 11) is 0. The Balaban J connectivity index is 1.94. The summed E-state index contributed by atoms with van der Waals surface area (Å²) in [6.45, 7) is 6.20. The largest absolute Gasteiger partial charge is 0.445 e. The number of hydrogen-bond donors (Lipinski definition) is 1. The molecular weight excluding hydrogens is 356 g/mol. The minimum atomic E-state index is -0.466. The lowest BCUT2D eigenvalue weighted by Gasteiger charge is -2.22. The van der Waals surface area contributed by atoms with Crippen LogP contribution in [0.4, 0.5) is 10.5 Å². The molecule has 0 bridgehead atoms. The lowest BCUT2D eigenvalue weighted by Crippen LogP contribution is -2.37. The first-order chi connectivity index (χ1) is 12.4. The number of amides is 1. The van der Waals surface area contributed by atoms with Crippen LogP contribution in [0.5, 0.6) is 0 Å². The molecule has 26 heavy (non-hydrogen) atoms. The average Bonchev–Trinajstić information content (AvgIpc) is 3.01. The van der Waals surface area contributed by atoms with Gasteiger partial charge in [0.25, 0.3) is 5.69 Å². The first-order valence-electron chi connectivity index (χ1n) is 8.58. The summed E-state index contributed by atoms with van der Waals surface area (Å²) in [4.78, 5) is 24.2. The standard InChI is InChI=1S/C17H24N4O4S/c1-3-19(4-2)18-10-15-9-16(26)11-20(15)17(22)25-12-13-5-7-14(8-6-13)21(23)24/h5-8,10,15-16,26H,3-4,9,11-12H2,1-2H3/b18-10+/t15-,16-/m0/s1. The van der Waals surface area contributed by atoms with E-state index in [-0.39, 0.29) is 23.6 Å². The maximum atomic E-state index is 12.4. The third-order valence-corrected chi connectivity index (χ3v) is 4.57. The number of carbonyl (C=O) groups excluding carboxylic acids is 1. The summed E-state index contributed by atoms with van der Waals surface area (Å²) in [5, 5.41) is 17.1. The molecule has 1 amide bonds. The summed E-state index contributed by atoms with van der Waals surface area (Å²) < 4.78 is 5.36. The smallest absolute Gasteiger partial charge is 0.410 e. The van der Waals surface area contributed by atoms with Crippen molar-refractivity contribution in [2.75, 3.05) is 19.6 Å². The molecule has 1 aliphatic rings. The molecule has 0 radical (unpaired) electrons. The molecule has 8 nitrogen and oxygen atoms in total. The van der Waals surface area contributed by atoms with Crippen LogP contribution in [-0.2, 0) is 11.3 Å². The van der Waals surface area contributed by atoms with Gasteiger partial charge in [-0.2, -0.15) is 17.7 Å². The van der Waals surface area contributed by atoms with Crippen LogP contribution in [0.25, 0.3) is 0 Å². The summed E-state index contributed by atoms with van der Waals surface area (Å²) >= 11 is 4.48. The number of rotatable bonds is 7. The second-order valence-corrected chi connectivity index (χ2v) is 6.72. The van der Waals surface area contributed by atoms with Crippen molar-refractivity contribution in [1.29, 1.82) is 0 Å². The molecule has 0 N–H and O–H groups in total. The molecule has 1 aromatic carbocycles. The highest BCUT2D eigenvalue weighted by molar-refractivity contribution is 7.81. The Kier molecular flexibility index (Phi) is 7.26. The van der Waals surface area contributed by atoms with Crippen molar-refractivity contribution in [2.45, 2.75) is 38.2 Å². The molecule has 1 aliphatic heterocycles. The molecule has 0 aliphatic carbocycles. The number of likely N-dealkylation sites (tertiary alicyclic amines) is 1. The fraction of sp³-hybridized carbons (Fsp3) is 0.529. The van der Waals surface area contributed by atoms with E-state index < -0.39 is 11.0 Å². The zero-order chi connectivity index (χ0) is 19.1. The minimum Gasteiger partial charge on any atom is -0.445 e. The molecule has 1 fully saturated rings. The van der Waals surface area contributed by atoms with Gasteiger partial charge in [-0.1, -0.05) is 0 Å². The lowest BCUT2D eigenvalue weighted by atomic mass is 10.2. The number of hydrogen-bond acceptors (Lipinski definition) is 7. The van der Waals surface area contributed by atoms with Crippen LogP contribution in [-0.4, -0.2) is 58.1 Å². The van der Waals surface area contributed by atoms with Crippen LogP contribution in [0.15, 0.2) is 29.4 Å². The molecule has 0 aromatic heterocycles. The second kappa shape index (κ2) is 9.42. The van der Waals surface area contributed by atoms with Crippen LogP contribution in [0.1, 0.15) is 25.8 Å². The van der Waals surface area contributed by atoms with E-state index in [9.17, 15) is 14.9 Å². The Bertz CT molecular complexity index is 649. The van der Waals surface area contributed by atoms with E-state index >= 15 is 0 Å². The van der Waals surface area contributed by atoms with Gasteiger partial charge in [0.2, 0.25) is 0 Å². The van der Waals surface area contributed by atoms with Gasteiger partial charge in [0, 0.05) is 43.2 Å². The lowest BCUT2D eigenvalue weighted by molar-refractivity contribution is -0.384. The Morgan fingerprint density at radius 2 is 2.08 bits per heavy atom. The fourth-order valence-corrected chi connectivity index (χ4v) is 3.09. The SMILES string of the molecule is CCN(CC)/N=C/[C@@H]1C[C@H](S)CN1C(=O)OCc1ccc([N+](=O)[O-])cc1. The highest BCUT2D eigenvalue weighted by Crippen LogP contribution is 2.22. The van der Waals surface area contributed by atoms with Crippen molar-refractivity contribution in [3.8, 4) is 0 Å². The van der Waals surface area contributed by atoms with E-state index in [1.807, 2.05) is 18.9 Å². The number of thiol groups is 1. The Hall–Kier alpha value is -2.29. The molecular formula is C17H24N4O4S. The molecule has 1 heterocycles. The van der Waals surface area contributed by atoms with E-state index in [1.165, 1.54) is 12.1 Å². The van der Waals surface area contributed by atoms with Crippen molar-refractivity contribution < 1.29 is 14.5 Å². The number of benzene rings is 1. The van der Waals surface area contributed by atoms with Crippen molar-refractivity contribution in [3.05, 3.63) is 39.9 Å². The molecule has 142 valence electrons. The highest BCUT2D eigenvalue weighted by atomic mass is 32.1. The normalized spacial score (nSPS) is 19.7. The van der Waals surface area contributed by atoms with E-state index in [4.69, 9.17) is 4.74 Å². The molecule has 2 rings (SSSR count). The van der Waals surface area contributed by atoms with E-state index in [1.54, 1.807) is 23.2 Å². The summed E-state index contributed by atoms with van der Waals surface area (Å²) in [5.74, 6) is 0. The number of nitro groups is 1. The van der Waals surface area contributed by atoms with Crippen LogP contribution >= 0.6 is 12.6 Å². The molecule has 1 saturated heterocycles. The third kappa shape index (κ3) is 5.35. The highest BCUT2D eigenvalue weighted by Gasteiger charge is 2.33. The Morgan fingerprint density at radius 3 is 2.65 bits per heavy atom. The first-order valence-corrected chi connectivity index (χ1v) is 9.10. The summed E-state index contributed by atoms with van der Waals surface area (Å²) in [6, 6.07) is 5.79. The molecule has 9 heteroatoms. The van der Waals surface area contributed by atoms with Crippen LogP contribution in [0.3, 0.4) is 0 Å². The maximum Gasteiger partial charge on any atom is 0.410 e. The van der Waals surface area contributed by atoms with Gasteiger partial charge in [0.15, 0.2) is 0 Å². The van der Waals surface area contributed by atoms with Crippen molar-refractivity contribution in [1.82, 2.24) is 9.91 Å². The van der Waals surface area contributed by atoms with Crippen LogP contribution < -0.4 is 0 Å². The van der Waals surface area contributed by atoms with Gasteiger partial charge >= 0.3 is 6.09 Å². The topological polar surface area (TPSA) is 88.3 Å². The van der Waals surface area contributed by atoms with E-state index in [0.717, 1.165) is 19.5 Å². The van der Waals surface area contributed by atoms with Crippen LogP contribution in [0.2, 0.25) is 0 Å². The molecule has 1 aromatic rings. The zero-order valence-corrected chi connectivity index (χ0v) is 15.8. The first kappa shape index (κ1) is 20.0. The quantitative estimate of drug-likeness (QED) is 0.340. The predicted molar refractivity (Wildman–Crippen MR) is 103 cm³/mol. The fourth-order valence-electron chi connectivity index (χ4n) is 2.69. The van der Waals surface area contributed by atoms with Crippen LogP contribution in [0, 0.1) is 10.1 Å². The average molecular weight is 380 g/mol. The maximum absolute atomic E-state index is 12.4. The number of nitrogens with zero attached hydrogens (tertiary/aromatic N) is 4. The van der Waals surface area contributed by atoms with Crippen molar-refractivity contribution in [3.63, 3.8) is 0 Å². The number of hydrazone groups is 1. The second-order valence-electron chi connectivity index (χ2n) is 5.99. The van der Waals surface area contributed by atoms with E-state index in [2.05, 4.69) is 17.7 Å². The number of carbonyl (C=O) groups is 1. The van der Waals surface area contributed by atoms with Gasteiger partial charge in [-0.05, 0) is 38.0 Å². The Morgan fingerprint density at radius 1 is 1.42 bits per heavy atom. The van der Waals surface area contributed by atoms with Crippen molar-refractivity contribution >= 4 is 30.6 Å². The molecule has 0 unspecified atom stereocenters. The molecule has 2 atom stereocenters. The third-order valence-electron chi connectivity index (χ3n) is 4.20. The van der Waals surface area contributed by atoms with Gasteiger partial charge in [-0.15, -0.1) is 0 Å². The number of non-ortho nitro benzene ring substituents is 1. The van der Waals surface area contributed by atoms with E-state index in [0.29, 0.717) is 12.1 Å². The number of nitro benzene ring substituents is 1. The van der Waals surface area contributed by atoms with Gasteiger partial charge in [-0.25, -0.2) is 4.79 Å². The monoisotopic (exact) mass is 380 g/mol. The Labute approximate surface area is 158 Å². The minimum absolute atomic E-state index is 0.00483. The molecule has 0 spiro atoms. The number of ether oxygens (including phenoxy) is 1. The van der Waals surface area contributed by atoms with Gasteiger partial charge in [0.1, 0.15) is 6.61 Å². The van der Waals surface area contributed by atoms with Gasteiger partial charge in [-0.3, -0.25) is 20.0 Å². The van der Waals surface area contributed by atoms with Gasteiger partial charge < -0.3 is 4.74 Å².